The van der Waals surface area contributed by atoms with Gasteiger partial charge in [0.1, 0.15) is 5.15 Å². The topological polar surface area (TPSA) is 34.0 Å². The second-order valence-electron chi connectivity index (χ2n) is 5.99. The van der Waals surface area contributed by atoms with E-state index in [1.165, 1.54) is 5.56 Å². The van der Waals surface area contributed by atoms with Crippen LogP contribution in [0.2, 0.25) is 5.15 Å². The lowest BCUT2D eigenvalue weighted by atomic mass is 10.1. The first kappa shape index (κ1) is 17.0. The number of hydrogen-bond acceptors (Lipinski definition) is 3. The Kier molecular flexibility index (Phi) is 5.59. The zero-order valence-corrected chi connectivity index (χ0v) is 14.9. The SMILES string of the molecule is CCc1nn(C)c(Cl)c1CN(C)[C@H](C)Cc1cc(C)ccn1. The molecule has 4 nitrogen and oxygen atoms in total. The molecule has 2 rings (SSSR count). The summed E-state index contributed by atoms with van der Waals surface area (Å²) in [5.41, 5.74) is 4.61. The van der Waals surface area contributed by atoms with Crippen molar-refractivity contribution in [1.29, 1.82) is 0 Å². The van der Waals surface area contributed by atoms with Gasteiger partial charge in [0.25, 0.3) is 0 Å². The minimum atomic E-state index is 0.385. The molecule has 5 heteroatoms. The van der Waals surface area contributed by atoms with Crippen molar-refractivity contribution in [3.63, 3.8) is 0 Å². The van der Waals surface area contributed by atoms with Crippen molar-refractivity contribution in [1.82, 2.24) is 19.7 Å². The fourth-order valence-electron chi connectivity index (χ4n) is 2.61. The summed E-state index contributed by atoms with van der Waals surface area (Å²) < 4.78 is 1.76. The normalized spacial score (nSPS) is 12.9. The van der Waals surface area contributed by atoms with Crippen LogP contribution < -0.4 is 0 Å². The molecular weight excluding hydrogens is 296 g/mol. The van der Waals surface area contributed by atoms with Crippen LogP contribution in [0.4, 0.5) is 0 Å². The number of hydrogen-bond donors (Lipinski definition) is 0. The molecule has 0 bridgehead atoms. The molecule has 0 radical (unpaired) electrons. The number of nitrogens with zero attached hydrogens (tertiary/aromatic N) is 4. The zero-order chi connectivity index (χ0) is 16.3. The zero-order valence-electron chi connectivity index (χ0n) is 14.1. The third-order valence-corrected chi connectivity index (χ3v) is 4.60. The Balaban J connectivity index is 2.07. The lowest BCUT2D eigenvalue weighted by Crippen LogP contribution is -2.31. The first-order chi connectivity index (χ1) is 10.4. The monoisotopic (exact) mass is 320 g/mol. The Morgan fingerprint density at radius 1 is 1.41 bits per heavy atom. The summed E-state index contributed by atoms with van der Waals surface area (Å²) in [5, 5.41) is 5.22. The van der Waals surface area contributed by atoms with Gasteiger partial charge in [0.2, 0.25) is 0 Å². The average Bonchev–Trinajstić information content (AvgIpc) is 2.75. The van der Waals surface area contributed by atoms with Crippen LogP contribution in [0, 0.1) is 6.92 Å². The number of rotatable bonds is 6. The highest BCUT2D eigenvalue weighted by atomic mass is 35.5. The molecule has 0 N–H and O–H groups in total. The maximum atomic E-state index is 6.38. The van der Waals surface area contributed by atoms with E-state index in [1.807, 2.05) is 19.3 Å². The number of likely N-dealkylation sites (N-methyl/N-ethyl adjacent to an activating group) is 1. The Bertz CT molecular complexity index is 636. The second-order valence-corrected chi connectivity index (χ2v) is 6.34. The first-order valence-electron chi connectivity index (χ1n) is 7.74. The molecule has 0 spiro atoms. The molecule has 2 aromatic rings. The summed E-state index contributed by atoms with van der Waals surface area (Å²) in [5.74, 6) is 0. The van der Waals surface area contributed by atoms with Crippen molar-refractivity contribution >= 4 is 11.6 Å². The summed E-state index contributed by atoms with van der Waals surface area (Å²) in [6.45, 7) is 7.24. The summed E-state index contributed by atoms with van der Waals surface area (Å²) in [6, 6.07) is 4.56. The summed E-state index contributed by atoms with van der Waals surface area (Å²) >= 11 is 6.38. The molecule has 2 heterocycles. The summed E-state index contributed by atoms with van der Waals surface area (Å²) in [4.78, 5) is 6.77. The maximum absolute atomic E-state index is 6.38. The Hall–Kier alpha value is -1.39. The van der Waals surface area contributed by atoms with Crippen molar-refractivity contribution in [2.24, 2.45) is 7.05 Å². The molecule has 0 saturated heterocycles. The fraction of sp³-hybridized carbons (Fsp3) is 0.529. The van der Waals surface area contributed by atoms with Gasteiger partial charge in [-0.3, -0.25) is 14.6 Å². The van der Waals surface area contributed by atoms with Gasteiger partial charge in [0.05, 0.1) is 5.69 Å². The van der Waals surface area contributed by atoms with E-state index in [2.05, 4.69) is 48.9 Å². The van der Waals surface area contributed by atoms with Gasteiger partial charge in [-0.15, -0.1) is 0 Å². The van der Waals surface area contributed by atoms with Crippen LogP contribution in [0.15, 0.2) is 18.3 Å². The van der Waals surface area contributed by atoms with E-state index >= 15 is 0 Å². The quantitative estimate of drug-likeness (QED) is 0.818. The second kappa shape index (κ2) is 7.25. The van der Waals surface area contributed by atoms with E-state index < -0.39 is 0 Å². The van der Waals surface area contributed by atoms with E-state index in [1.54, 1.807) is 4.68 Å². The van der Waals surface area contributed by atoms with Gasteiger partial charge in [0.15, 0.2) is 0 Å². The molecule has 0 amide bonds. The van der Waals surface area contributed by atoms with Gasteiger partial charge in [0, 0.05) is 43.5 Å². The van der Waals surface area contributed by atoms with Gasteiger partial charge in [-0.1, -0.05) is 18.5 Å². The van der Waals surface area contributed by atoms with E-state index in [-0.39, 0.29) is 0 Å². The minimum Gasteiger partial charge on any atom is -0.299 e. The van der Waals surface area contributed by atoms with E-state index in [0.717, 1.165) is 41.5 Å². The molecule has 0 aliphatic rings. The Morgan fingerprint density at radius 3 is 2.77 bits per heavy atom. The first-order valence-corrected chi connectivity index (χ1v) is 8.12. The van der Waals surface area contributed by atoms with Gasteiger partial charge in [-0.25, -0.2) is 0 Å². The summed E-state index contributed by atoms with van der Waals surface area (Å²) in [6.07, 6.45) is 3.71. The highest BCUT2D eigenvalue weighted by molar-refractivity contribution is 6.30. The molecule has 0 aliphatic carbocycles. The number of aromatic nitrogens is 3. The van der Waals surface area contributed by atoms with Gasteiger partial charge in [-0.2, -0.15) is 5.10 Å². The van der Waals surface area contributed by atoms with Crippen LogP contribution in [0.3, 0.4) is 0 Å². The molecule has 2 aromatic heterocycles. The highest BCUT2D eigenvalue weighted by Crippen LogP contribution is 2.22. The molecule has 22 heavy (non-hydrogen) atoms. The Labute approximate surface area is 138 Å². The van der Waals surface area contributed by atoms with Crippen molar-refractivity contribution in [2.75, 3.05) is 7.05 Å². The van der Waals surface area contributed by atoms with Crippen LogP contribution in [-0.2, 0) is 26.4 Å². The molecular formula is C17H25ClN4. The van der Waals surface area contributed by atoms with E-state index in [9.17, 15) is 0 Å². The van der Waals surface area contributed by atoms with Crippen LogP contribution in [-0.4, -0.2) is 32.8 Å². The largest absolute Gasteiger partial charge is 0.299 e. The molecule has 0 aliphatic heterocycles. The van der Waals surface area contributed by atoms with E-state index in [4.69, 9.17) is 11.6 Å². The van der Waals surface area contributed by atoms with Crippen LogP contribution in [0.1, 0.15) is 36.4 Å². The smallest absolute Gasteiger partial charge is 0.131 e. The van der Waals surface area contributed by atoms with Gasteiger partial charge >= 0.3 is 0 Å². The van der Waals surface area contributed by atoms with Crippen LogP contribution in [0.25, 0.3) is 0 Å². The van der Waals surface area contributed by atoms with Crippen molar-refractivity contribution in [3.05, 3.63) is 46.0 Å². The van der Waals surface area contributed by atoms with Gasteiger partial charge in [-0.05, 0) is 45.0 Å². The van der Waals surface area contributed by atoms with E-state index in [0.29, 0.717) is 6.04 Å². The average molecular weight is 321 g/mol. The van der Waals surface area contributed by atoms with Crippen LogP contribution in [0.5, 0.6) is 0 Å². The van der Waals surface area contributed by atoms with Crippen molar-refractivity contribution in [2.45, 2.75) is 46.2 Å². The number of halogens is 1. The van der Waals surface area contributed by atoms with Crippen LogP contribution >= 0.6 is 11.6 Å². The lowest BCUT2D eigenvalue weighted by Gasteiger charge is -2.24. The predicted molar refractivity (Wildman–Crippen MR) is 91.2 cm³/mol. The van der Waals surface area contributed by atoms with Gasteiger partial charge < -0.3 is 0 Å². The molecule has 0 unspecified atom stereocenters. The minimum absolute atomic E-state index is 0.385. The number of aryl methyl sites for hydroxylation is 3. The standard InChI is InChI=1S/C17H25ClN4/c1-6-16-15(17(18)22(5)20-16)11-21(4)13(3)10-14-9-12(2)7-8-19-14/h7-9,13H,6,10-11H2,1-5H3/t13-/m1/s1. The lowest BCUT2D eigenvalue weighted by molar-refractivity contribution is 0.246. The fourth-order valence-corrected chi connectivity index (χ4v) is 2.82. The molecule has 1 atom stereocenters. The molecule has 120 valence electrons. The van der Waals surface area contributed by atoms with Crippen molar-refractivity contribution < 1.29 is 0 Å². The molecule has 0 fully saturated rings. The predicted octanol–water partition coefficient (Wildman–Crippen LogP) is 3.40. The van der Waals surface area contributed by atoms with Crippen molar-refractivity contribution in [3.8, 4) is 0 Å². The third kappa shape index (κ3) is 3.87. The summed E-state index contributed by atoms with van der Waals surface area (Å²) in [7, 11) is 4.02. The molecule has 0 saturated carbocycles. The maximum Gasteiger partial charge on any atom is 0.131 e. The molecule has 0 aromatic carbocycles. The highest BCUT2D eigenvalue weighted by Gasteiger charge is 2.18. The number of pyridine rings is 1. The third-order valence-electron chi connectivity index (χ3n) is 4.12. The Morgan fingerprint density at radius 2 is 2.14 bits per heavy atom.